The van der Waals surface area contributed by atoms with Crippen LogP contribution >= 0.6 is 11.8 Å². The van der Waals surface area contributed by atoms with Crippen LogP contribution in [-0.4, -0.2) is 66.9 Å². The third-order valence-electron chi connectivity index (χ3n) is 3.46. The molecule has 5 nitrogen and oxygen atoms in total. The van der Waals surface area contributed by atoms with Crippen LogP contribution < -0.4 is 0 Å². The van der Waals surface area contributed by atoms with E-state index >= 15 is 0 Å². The largest absolute Gasteiger partial charge is 0.396 e. The molecule has 1 heterocycles. The van der Waals surface area contributed by atoms with Crippen molar-refractivity contribution in [2.45, 2.75) is 25.8 Å². The Morgan fingerprint density at radius 1 is 1.56 bits per heavy atom. The zero-order chi connectivity index (χ0) is 13.8. The molecule has 0 aromatic rings. The van der Waals surface area contributed by atoms with Crippen LogP contribution in [-0.2, 0) is 10.2 Å². The second-order valence-corrected chi connectivity index (χ2v) is 7.78. The number of thioether (sulfide) groups is 1. The lowest BCUT2D eigenvalue weighted by atomic mass is 10.0. The topological polar surface area (TPSA) is 60.9 Å². The van der Waals surface area contributed by atoms with Gasteiger partial charge in [-0.05, 0) is 31.9 Å². The number of piperidine rings is 1. The molecule has 2 atom stereocenters. The molecule has 1 N–H and O–H groups in total. The molecule has 108 valence electrons. The van der Waals surface area contributed by atoms with Gasteiger partial charge in [-0.3, -0.25) is 0 Å². The van der Waals surface area contributed by atoms with E-state index in [2.05, 4.69) is 0 Å². The van der Waals surface area contributed by atoms with Crippen molar-refractivity contribution in [3.05, 3.63) is 0 Å². The van der Waals surface area contributed by atoms with Gasteiger partial charge in [-0.1, -0.05) is 0 Å². The molecule has 0 radical (unpaired) electrons. The van der Waals surface area contributed by atoms with Crippen molar-refractivity contribution in [3.63, 3.8) is 0 Å². The SMILES string of the molecule is CSCC(C)N(C)S(=O)(=O)N1CCCC(CO)C1. The molecule has 0 saturated carbocycles. The van der Waals surface area contributed by atoms with E-state index in [1.54, 1.807) is 18.8 Å². The van der Waals surface area contributed by atoms with Crippen LogP contribution in [0.25, 0.3) is 0 Å². The van der Waals surface area contributed by atoms with E-state index in [1.807, 2.05) is 13.2 Å². The van der Waals surface area contributed by atoms with Crippen molar-refractivity contribution in [2.24, 2.45) is 5.92 Å². The van der Waals surface area contributed by atoms with Gasteiger partial charge in [0.05, 0.1) is 0 Å². The van der Waals surface area contributed by atoms with Gasteiger partial charge in [0.25, 0.3) is 10.2 Å². The normalized spacial score (nSPS) is 24.4. The van der Waals surface area contributed by atoms with Gasteiger partial charge in [0.2, 0.25) is 0 Å². The van der Waals surface area contributed by atoms with Crippen molar-refractivity contribution in [3.8, 4) is 0 Å². The average Bonchev–Trinajstić information content (AvgIpc) is 2.38. The maximum absolute atomic E-state index is 12.4. The maximum Gasteiger partial charge on any atom is 0.282 e. The predicted molar refractivity (Wildman–Crippen MR) is 75.9 cm³/mol. The van der Waals surface area contributed by atoms with Gasteiger partial charge in [-0.25, -0.2) is 0 Å². The first kappa shape index (κ1) is 16.2. The monoisotopic (exact) mass is 296 g/mol. The summed E-state index contributed by atoms with van der Waals surface area (Å²) in [7, 11) is -1.75. The molecule has 0 aromatic heterocycles. The van der Waals surface area contributed by atoms with E-state index in [-0.39, 0.29) is 18.6 Å². The fourth-order valence-corrected chi connectivity index (χ4v) is 4.59. The summed E-state index contributed by atoms with van der Waals surface area (Å²) in [5.74, 6) is 0.866. The molecule has 1 rings (SSSR count). The standard InChI is InChI=1S/C11H24N2O3S2/c1-10(9-17-3)12(2)18(15,16)13-6-4-5-11(7-13)8-14/h10-11,14H,4-9H2,1-3H3. The molecule has 0 spiro atoms. The Labute approximate surface area is 115 Å². The lowest BCUT2D eigenvalue weighted by Crippen LogP contribution is -2.50. The molecule has 1 aliphatic heterocycles. The molecule has 1 fully saturated rings. The highest BCUT2D eigenvalue weighted by Crippen LogP contribution is 2.21. The summed E-state index contributed by atoms with van der Waals surface area (Å²) in [6.45, 7) is 2.99. The number of hydrogen-bond donors (Lipinski definition) is 1. The highest BCUT2D eigenvalue weighted by molar-refractivity contribution is 7.98. The molecular formula is C11H24N2O3S2. The van der Waals surface area contributed by atoms with E-state index in [0.29, 0.717) is 13.1 Å². The molecule has 7 heteroatoms. The fraction of sp³-hybridized carbons (Fsp3) is 1.00. The highest BCUT2D eigenvalue weighted by Gasteiger charge is 2.33. The third kappa shape index (κ3) is 3.84. The second-order valence-electron chi connectivity index (χ2n) is 4.88. The minimum Gasteiger partial charge on any atom is -0.396 e. The zero-order valence-corrected chi connectivity index (χ0v) is 13.0. The number of hydrogen-bond acceptors (Lipinski definition) is 4. The van der Waals surface area contributed by atoms with Crippen LogP contribution in [0.1, 0.15) is 19.8 Å². The van der Waals surface area contributed by atoms with Gasteiger partial charge in [0.15, 0.2) is 0 Å². The maximum atomic E-state index is 12.4. The van der Waals surface area contributed by atoms with Gasteiger partial charge in [0.1, 0.15) is 0 Å². The third-order valence-corrected chi connectivity index (χ3v) is 6.35. The lowest BCUT2D eigenvalue weighted by Gasteiger charge is -2.35. The fourth-order valence-electron chi connectivity index (χ4n) is 2.14. The summed E-state index contributed by atoms with van der Waals surface area (Å²) in [5, 5.41) is 9.17. The van der Waals surface area contributed by atoms with Gasteiger partial charge in [-0.15, -0.1) is 0 Å². The van der Waals surface area contributed by atoms with E-state index < -0.39 is 10.2 Å². The summed E-state index contributed by atoms with van der Waals surface area (Å²) >= 11 is 1.64. The highest BCUT2D eigenvalue weighted by atomic mass is 32.2. The molecule has 2 unspecified atom stereocenters. The Morgan fingerprint density at radius 3 is 2.78 bits per heavy atom. The molecule has 0 bridgehead atoms. The molecular weight excluding hydrogens is 272 g/mol. The molecule has 0 aliphatic carbocycles. The van der Waals surface area contributed by atoms with Crippen LogP contribution in [0.15, 0.2) is 0 Å². The van der Waals surface area contributed by atoms with Crippen molar-refractivity contribution in [2.75, 3.05) is 38.8 Å². The molecule has 1 saturated heterocycles. The summed E-state index contributed by atoms with van der Waals surface area (Å²) < 4.78 is 27.8. The van der Waals surface area contributed by atoms with E-state index in [9.17, 15) is 8.42 Å². The van der Waals surface area contributed by atoms with Crippen LogP contribution in [0.3, 0.4) is 0 Å². The van der Waals surface area contributed by atoms with Gasteiger partial charge in [0, 0.05) is 38.5 Å². The zero-order valence-electron chi connectivity index (χ0n) is 11.4. The number of nitrogens with zero attached hydrogens (tertiary/aromatic N) is 2. The Balaban J connectivity index is 2.72. The summed E-state index contributed by atoms with van der Waals surface area (Å²) in [6.07, 6.45) is 3.71. The molecule has 18 heavy (non-hydrogen) atoms. The van der Waals surface area contributed by atoms with Crippen molar-refractivity contribution in [1.82, 2.24) is 8.61 Å². The van der Waals surface area contributed by atoms with Crippen molar-refractivity contribution >= 4 is 22.0 Å². The van der Waals surface area contributed by atoms with Crippen LogP contribution in [0.5, 0.6) is 0 Å². The second kappa shape index (κ2) is 7.09. The van der Waals surface area contributed by atoms with E-state index in [0.717, 1.165) is 18.6 Å². The summed E-state index contributed by atoms with van der Waals surface area (Å²) in [6, 6.07) is -0.0143. The Morgan fingerprint density at radius 2 is 2.22 bits per heavy atom. The quantitative estimate of drug-likeness (QED) is 0.780. The van der Waals surface area contributed by atoms with Crippen LogP contribution in [0.4, 0.5) is 0 Å². The number of aliphatic hydroxyl groups is 1. The number of aliphatic hydroxyl groups excluding tert-OH is 1. The van der Waals surface area contributed by atoms with Gasteiger partial charge in [-0.2, -0.15) is 28.8 Å². The summed E-state index contributed by atoms with van der Waals surface area (Å²) in [4.78, 5) is 0. The first-order valence-electron chi connectivity index (χ1n) is 6.26. The Bertz CT molecular complexity index is 348. The molecule has 0 amide bonds. The Hall–Kier alpha value is 0.180. The lowest BCUT2D eigenvalue weighted by molar-refractivity contribution is 0.160. The first-order valence-corrected chi connectivity index (χ1v) is 9.05. The van der Waals surface area contributed by atoms with Gasteiger partial charge < -0.3 is 5.11 Å². The molecule has 1 aliphatic rings. The first-order chi connectivity index (χ1) is 8.43. The van der Waals surface area contributed by atoms with E-state index in [1.165, 1.54) is 8.61 Å². The molecule has 0 aromatic carbocycles. The Kier molecular flexibility index (Phi) is 6.40. The van der Waals surface area contributed by atoms with E-state index in [4.69, 9.17) is 5.11 Å². The van der Waals surface area contributed by atoms with Crippen LogP contribution in [0, 0.1) is 5.92 Å². The minimum atomic E-state index is -3.38. The average molecular weight is 296 g/mol. The minimum absolute atomic E-state index is 0.0143. The van der Waals surface area contributed by atoms with Crippen LogP contribution in [0.2, 0.25) is 0 Å². The van der Waals surface area contributed by atoms with Gasteiger partial charge >= 0.3 is 0 Å². The summed E-state index contributed by atoms with van der Waals surface area (Å²) in [5.41, 5.74) is 0. The van der Waals surface area contributed by atoms with Crippen molar-refractivity contribution in [1.29, 1.82) is 0 Å². The smallest absolute Gasteiger partial charge is 0.282 e. The number of rotatable bonds is 6. The predicted octanol–water partition coefficient (Wildman–Crippen LogP) is 0.619. The van der Waals surface area contributed by atoms with Crippen molar-refractivity contribution < 1.29 is 13.5 Å².